The van der Waals surface area contributed by atoms with Crippen molar-refractivity contribution in [3.8, 4) is 0 Å². The van der Waals surface area contributed by atoms with Gasteiger partial charge in [-0.3, -0.25) is 4.79 Å². The van der Waals surface area contributed by atoms with Gasteiger partial charge in [0.1, 0.15) is 17.7 Å². The smallest absolute Gasteiger partial charge is 0.408 e. The van der Waals surface area contributed by atoms with E-state index in [0.29, 0.717) is 32.7 Å². The molecule has 9 nitrogen and oxygen atoms in total. The summed E-state index contributed by atoms with van der Waals surface area (Å²) in [5.74, 6) is -0.769. The van der Waals surface area contributed by atoms with Gasteiger partial charge in [0, 0.05) is 26.2 Å². The molecule has 2 amide bonds. The van der Waals surface area contributed by atoms with E-state index in [-0.39, 0.29) is 24.5 Å². The number of rotatable bonds is 11. The van der Waals surface area contributed by atoms with Crippen LogP contribution in [0, 0.1) is 5.92 Å². The summed E-state index contributed by atoms with van der Waals surface area (Å²) in [7, 11) is 1.32. The van der Waals surface area contributed by atoms with Crippen LogP contribution >= 0.6 is 0 Å². The van der Waals surface area contributed by atoms with Crippen molar-refractivity contribution in [1.29, 1.82) is 0 Å². The van der Waals surface area contributed by atoms with Crippen LogP contribution in [-0.2, 0) is 35.1 Å². The van der Waals surface area contributed by atoms with Gasteiger partial charge in [0.05, 0.1) is 19.8 Å². The second kappa shape index (κ2) is 14.5. The topological polar surface area (TPSA) is 103 Å². The molecular weight excluding hydrogens is 488 g/mol. The molecule has 1 saturated carbocycles. The molecule has 3 atom stereocenters. The van der Waals surface area contributed by atoms with E-state index in [4.69, 9.17) is 18.9 Å². The van der Waals surface area contributed by atoms with Crippen molar-refractivity contribution < 1.29 is 33.3 Å². The number of carbonyl (C=O) groups is 3. The molecular formula is C29H44N2O7. The number of nitrogens with one attached hydrogen (secondary N) is 1. The first-order valence-corrected chi connectivity index (χ1v) is 13.8. The van der Waals surface area contributed by atoms with Gasteiger partial charge in [-0.1, -0.05) is 49.6 Å². The highest BCUT2D eigenvalue weighted by Gasteiger charge is 2.45. The Hall–Kier alpha value is -2.65. The number of hydrogen-bond acceptors (Lipinski definition) is 7. The largest absolute Gasteiger partial charge is 0.467 e. The van der Waals surface area contributed by atoms with Crippen LogP contribution in [-0.4, -0.2) is 73.5 Å². The van der Waals surface area contributed by atoms with Crippen LogP contribution in [0.5, 0.6) is 0 Å². The van der Waals surface area contributed by atoms with E-state index in [0.717, 1.165) is 37.7 Å². The first kappa shape index (κ1) is 29.9. The quantitative estimate of drug-likeness (QED) is 0.336. The lowest BCUT2D eigenvalue weighted by Gasteiger charge is -2.34. The van der Waals surface area contributed by atoms with E-state index < -0.39 is 29.7 Å². The molecule has 212 valence electrons. The Morgan fingerprint density at radius 1 is 1.05 bits per heavy atom. The third-order valence-corrected chi connectivity index (χ3v) is 6.98. The Morgan fingerprint density at radius 2 is 1.76 bits per heavy atom. The molecule has 3 rings (SSSR count). The molecule has 1 aromatic rings. The fraction of sp³-hybridized carbons (Fsp3) is 0.690. The second-order valence-corrected chi connectivity index (χ2v) is 11.2. The van der Waals surface area contributed by atoms with E-state index in [9.17, 15) is 14.4 Å². The monoisotopic (exact) mass is 532 g/mol. The highest BCUT2D eigenvalue weighted by atomic mass is 16.6. The van der Waals surface area contributed by atoms with E-state index in [1.165, 1.54) is 12.0 Å². The van der Waals surface area contributed by atoms with Crippen LogP contribution < -0.4 is 5.32 Å². The first-order chi connectivity index (χ1) is 18.2. The number of alkyl carbamates (subject to hydrolysis) is 1. The molecule has 0 bridgehead atoms. The van der Waals surface area contributed by atoms with Gasteiger partial charge in [-0.25, -0.2) is 9.59 Å². The second-order valence-electron chi connectivity index (χ2n) is 11.2. The SMILES string of the molecule is COC(=O)[C@@H]1C[C@@H](OCCCOCc2ccccc2)CN1C(=O)[C@@H](NC(=O)OC(C)(C)C)C1CCCCC1. The molecule has 1 aromatic carbocycles. The molecule has 2 aliphatic rings. The number of likely N-dealkylation sites (tertiary alicyclic amines) is 1. The summed E-state index contributed by atoms with van der Waals surface area (Å²) in [6.07, 6.45) is 4.93. The van der Waals surface area contributed by atoms with Gasteiger partial charge in [0.15, 0.2) is 0 Å². The summed E-state index contributed by atoms with van der Waals surface area (Å²) >= 11 is 0. The summed E-state index contributed by atoms with van der Waals surface area (Å²) in [6.45, 7) is 7.17. The van der Waals surface area contributed by atoms with Crippen molar-refractivity contribution in [2.45, 2.75) is 96.1 Å². The Balaban J connectivity index is 1.58. The highest BCUT2D eigenvalue weighted by molar-refractivity contribution is 5.90. The fourth-order valence-corrected chi connectivity index (χ4v) is 5.16. The molecule has 2 fully saturated rings. The van der Waals surface area contributed by atoms with Crippen LogP contribution in [0.4, 0.5) is 4.79 Å². The zero-order valence-electron chi connectivity index (χ0n) is 23.3. The standard InChI is InChI=1S/C29H44N2O7/c1-29(2,3)38-28(34)30-25(22-14-9-6-10-15-22)26(32)31-19-23(18-24(31)27(33)35-4)37-17-11-16-36-20-21-12-7-5-8-13-21/h5,7-8,12-13,22-25H,6,9-11,14-20H2,1-4H3,(H,30,34)/t23-,24+,25+/m1/s1. The zero-order valence-corrected chi connectivity index (χ0v) is 23.3. The molecule has 0 radical (unpaired) electrons. The lowest BCUT2D eigenvalue weighted by atomic mass is 9.83. The van der Waals surface area contributed by atoms with Crippen molar-refractivity contribution in [3.05, 3.63) is 35.9 Å². The normalized spacial score (nSPS) is 21.1. The van der Waals surface area contributed by atoms with Crippen molar-refractivity contribution in [2.24, 2.45) is 5.92 Å². The number of amides is 2. The molecule has 38 heavy (non-hydrogen) atoms. The molecule has 1 N–H and O–H groups in total. The average molecular weight is 533 g/mol. The van der Waals surface area contributed by atoms with Crippen LogP contribution in [0.1, 0.15) is 71.3 Å². The van der Waals surface area contributed by atoms with Crippen molar-refractivity contribution in [2.75, 3.05) is 26.9 Å². The van der Waals surface area contributed by atoms with E-state index in [1.807, 2.05) is 30.3 Å². The number of nitrogens with zero attached hydrogens (tertiary/aromatic N) is 1. The number of esters is 1. The van der Waals surface area contributed by atoms with Gasteiger partial charge >= 0.3 is 12.1 Å². The molecule has 1 aliphatic heterocycles. The van der Waals surface area contributed by atoms with Gasteiger partial charge in [-0.15, -0.1) is 0 Å². The van der Waals surface area contributed by atoms with Crippen LogP contribution in [0.2, 0.25) is 0 Å². The third kappa shape index (κ3) is 9.27. The van der Waals surface area contributed by atoms with Crippen molar-refractivity contribution >= 4 is 18.0 Å². The van der Waals surface area contributed by atoms with E-state index in [1.54, 1.807) is 20.8 Å². The van der Waals surface area contributed by atoms with Gasteiger partial charge in [0.25, 0.3) is 0 Å². The molecule has 0 aromatic heterocycles. The van der Waals surface area contributed by atoms with Gasteiger partial charge in [0.2, 0.25) is 5.91 Å². The summed E-state index contributed by atoms with van der Waals surface area (Å²) in [5, 5.41) is 2.83. The Morgan fingerprint density at radius 3 is 2.42 bits per heavy atom. The van der Waals surface area contributed by atoms with E-state index >= 15 is 0 Å². The maximum atomic E-state index is 13.8. The maximum absolute atomic E-state index is 13.8. The zero-order chi connectivity index (χ0) is 27.5. The minimum atomic E-state index is -0.762. The maximum Gasteiger partial charge on any atom is 0.408 e. The number of benzene rings is 1. The lowest BCUT2D eigenvalue weighted by Crippen LogP contribution is -2.55. The van der Waals surface area contributed by atoms with E-state index in [2.05, 4.69) is 5.32 Å². The molecule has 9 heteroatoms. The van der Waals surface area contributed by atoms with Crippen LogP contribution in [0.15, 0.2) is 30.3 Å². The highest BCUT2D eigenvalue weighted by Crippen LogP contribution is 2.30. The van der Waals surface area contributed by atoms with Crippen molar-refractivity contribution in [1.82, 2.24) is 10.2 Å². The molecule has 1 saturated heterocycles. The first-order valence-electron chi connectivity index (χ1n) is 13.8. The fourth-order valence-electron chi connectivity index (χ4n) is 5.16. The predicted molar refractivity (Wildman–Crippen MR) is 142 cm³/mol. The summed E-state index contributed by atoms with van der Waals surface area (Å²) in [4.78, 5) is 40.7. The number of methoxy groups -OCH3 is 1. The minimum absolute atomic E-state index is 0.0104. The summed E-state index contributed by atoms with van der Waals surface area (Å²) < 4.78 is 22.2. The number of ether oxygens (including phenoxy) is 4. The average Bonchev–Trinajstić information content (AvgIpc) is 3.33. The number of carbonyl (C=O) groups excluding carboxylic acids is 3. The van der Waals surface area contributed by atoms with Gasteiger partial charge < -0.3 is 29.2 Å². The lowest BCUT2D eigenvalue weighted by molar-refractivity contribution is -0.152. The molecule has 0 unspecified atom stereocenters. The van der Waals surface area contributed by atoms with Crippen LogP contribution in [0.3, 0.4) is 0 Å². The Bertz CT molecular complexity index is 896. The van der Waals surface area contributed by atoms with Crippen LogP contribution in [0.25, 0.3) is 0 Å². The van der Waals surface area contributed by atoms with Crippen molar-refractivity contribution in [3.63, 3.8) is 0 Å². The molecule has 1 heterocycles. The summed E-state index contributed by atoms with van der Waals surface area (Å²) in [6, 6.07) is 8.46. The number of hydrogen-bond donors (Lipinski definition) is 1. The van der Waals surface area contributed by atoms with Gasteiger partial charge in [-0.05, 0) is 51.5 Å². The molecule has 1 aliphatic carbocycles. The predicted octanol–water partition coefficient (Wildman–Crippen LogP) is 4.23. The molecule has 0 spiro atoms. The minimum Gasteiger partial charge on any atom is -0.467 e. The Kier molecular flexibility index (Phi) is 11.4. The Labute approximate surface area is 226 Å². The van der Waals surface area contributed by atoms with Gasteiger partial charge in [-0.2, -0.15) is 0 Å². The third-order valence-electron chi connectivity index (χ3n) is 6.98. The summed E-state index contributed by atoms with van der Waals surface area (Å²) in [5.41, 5.74) is 0.433.